The standard InChI is InChI=1S/C11H11FN4/c1-13-10-6-11(15-7-14-10)16-9-5-3-2-4-8(9)12/h2-7H,1H3,(H2,13,14,15,16). The quantitative estimate of drug-likeness (QED) is 0.830. The Hall–Kier alpha value is -2.17. The average molecular weight is 218 g/mol. The van der Waals surface area contributed by atoms with Gasteiger partial charge >= 0.3 is 0 Å². The molecule has 1 aromatic carbocycles. The highest BCUT2D eigenvalue weighted by molar-refractivity contribution is 5.59. The molecule has 0 fully saturated rings. The molecular formula is C11H11FN4. The number of hydrogen-bond acceptors (Lipinski definition) is 4. The van der Waals surface area contributed by atoms with Crippen LogP contribution < -0.4 is 10.6 Å². The van der Waals surface area contributed by atoms with E-state index in [1.165, 1.54) is 12.4 Å². The highest BCUT2D eigenvalue weighted by Gasteiger charge is 2.02. The van der Waals surface area contributed by atoms with Crippen LogP contribution in [-0.2, 0) is 0 Å². The average Bonchev–Trinajstić information content (AvgIpc) is 2.32. The van der Waals surface area contributed by atoms with Crippen molar-refractivity contribution in [3.63, 3.8) is 0 Å². The molecule has 0 aliphatic heterocycles. The van der Waals surface area contributed by atoms with Gasteiger partial charge in [0.2, 0.25) is 0 Å². The summed E-state index contributed by atoms with van der Waals surface area (Å²) in [6, 6.07) is 8.14. The predicted octanol–water partition coefficient (Wildman–Crippen LogP) is 2.40. The number of nitrogens with one attached hydrogen (secondary N) is 2. The van der Waals surface area contributed by atoms with E-state index in [1.807, 2.05) is 0 Å². The van der Waals surface area contributed by atoms with E-state index in [9.17, 15) is 4.39 Å². The second-order valence-electron chi connectivity index (χ2n) is 3.14. The zero-order valence-electron chi connectivity index (χ0n) is 8.74. The molecule has 2 aromatic rings. The molecule has 0 aliphatic rings. The second-order valence-corrected chi connectivity index (χ2v) is 3.14. The predicted molar refractivity (Wildman–Crippen MR) is 61.3 cm³/mol. The van der Waals surface area contributed by atoms with Crippen molar-refractivity contribution in [1.82, 2.24) is 9.97 Å². The Labute approximate surface area is 92.6 Å². The fraction of sp³-hybridized carbons (Fsp3) is 0.0909. The molecule has 0 bridgehead atoms. The molecule has 0 unspecified atom stereocenters. The lowest BCUT2D eigenvalue weighted by Gasteiger charge is -2.07. The van der Waals surface area contributed by atoms with E-state index in [1.54, 1.807) is 31.3 Å². The van der Waals surface area contributed by atoms with Gasteiger partial charge < -0.3 is 10.6 Å². The monoisotopic (exact) mass is 218 g/mol. The maximum absolute atomic E-state index is 13.3. The van der Waals surface area contributed by atoms with Gasteiger partial charge in [-0.15, -0.1) is 0 Å². The third-order valence-electron chi connectivity index (χ3n) is 2.06. The summed E-state index contributed by atoms with van der Waals surface area (Å²) in [5.74, 6) is 0.908. The summed E-state index contributed by atoms with van der Waals surface area (Å²) >= 11 is 0. The molecule has 2 rings (SSSR count). The van der Waals surface area contributed by atoms with Crippen LogP contribution in [0.3, 0.4) is 0 Å². The summed E-state index contributed by atoms with van der Waals surface area (Å²) < 4.78 is 13.3. The SMILES string of the molecule is CNc1cc(Nc2ccccc2F)ncn1. The number of hydrogen-bond donors (Lipinski definition) is 2. The molecule has 0 radical (unpaired) electrons. The van der Waals surface area contributed by atoms with Gasteiger partial charge in [-0.05, 0) is 12.1 Å². The zero-order valence-corrected chi connectivity index (χ0v) is 8.74. The summed E-state index contributed by atoms with van der Waals surface area (Å²) in [6.45, 7) is 0. The Morgan fingerprint density at radius 3 is 2.62 bits per heavy atom. The van der Waals surface area contributed by atoms with Crippen LogP contribution in [0.15, 0.2) is 36.7 Å². The van der Waals surface area contributed by atoms with Crippen LogP contribution >= 0.6 is 0 Å². The Balaban J connectivity index is 2.24. The fourth-order valence-electron chi connectivity index (χ4n) is 1.26. The summed E-state index contributed by atoms with van der Waals surface area (Å²) in [7, 11) is 1.76. The van der Waals surface area contributed by atoms with Crippen molar-refractivity contribution >= 4 is 17.3 Å². The van der Waals surface area contributed by atoms with E-state index in [0.29, 0.717) is 17.3 Å². The van der Waals surface area contributed by atoms with Crippen molar-refractivity contribution in [2.24, 2.45) is 0 Å². The molecule has 0 aliphatic carbocycles. The number of nitrogens with zero attached hydrogens (tertiary/aromatic N) is 2. The number of aromatic nitrogens is 2. The lowest BCUT2D eigenvalue weighted by molar-refractivity contribution is 0.632. The summed E-state index contributed by atoms with van der Waals surface area (Å²) in [6.07, 6.45) is 1.41. The zero-order chi connectivity index (χ0) is 11.4. The lowest BCUT2D eigenvalue weighted by Crippen LogP contribution is -1.99. The van der Waals surface area contributed by atoms with Gasteiger partial charge in [0.15, 0.2) is 0 Å². The van der Waals surface area contributed by atoms with E-state index in [0.717, 1.165) is 0 Å². The molecule has 0 saturated heterocycles. The smallest absolute Gasteiger partial charge is 0.146 e. The lowest BCUT2D eigenvalue weighted by atomic mass is 10.3. The number of rotatable bonds is 3. The largest absolute Gasteiger partial charge is 0.373 e. The molecule has 0 saturated carbocycles. The van der Waals surface area contributed by atoms with Crippen LogP contribution in [0.25, 0.3) is 0 Å². The van der Waals surface area contributed by atoms with E-state index in [2.05, 4.69) is 20.6 Å². The molecule has 2 N–H and O–H groups in total. The molecule has 0 spiro atoms. The van der Waals surface area contributed by atoms with Crippen molar-refractivity contribution in [2.75, 3.05) is 17.7 Å². The Morgan fingerprint density at radius 1 is 1.12 bits per heavy atom. The van der Waals surface area contributed by atoms with Gasteiger partial charge in [-0.2, -0.15) is 0 Å². The first-order valence-corrected chi connectivity index (χ1v) is 4.81. The molecular weight excluding hydrogens is 207 g/mol. The van der Waals surface area contributed by atoms with Gasteiger partial charge in [-0.25, -0.2) is 14.4 Å². The summed E-state index contributed by atoms with van der Waals surface area (Å²) in [5, 5.41) is 5.76. The third-order valence-corrected chi connectivity index (χ3v) is 2.06. The van der Waals surface area contributed by atoms with Gasteiger partial charge in [0, 0.05) is 13.1 Å². The molecule has 0 atom stereocenters. The van der Waals surface area contributed by atoms with Crippen molar-refractivity contribution in [1.29, 1.82) is 0 Å². The van der Waals surface area contributed by atoms with E-state index in [4.69, 9.17) is 0 Å². The summed E-state index contributed by atoms with van der Waals surface area (Å²) in [4.78, 5) is 7.96. The molecule has 5 heteroatoms. The highest BCUT2D eigenvalue weighted by atomic mass is 19.1. The second kappa shape index (κ2) is 4.57. The first kappa shape index (κ1) is 10.4. The van der Waals surface area contributed by atoms with Gasteiger partial charge in [0.25, 0.3) is 0 Å². The van der Waals surface area contributed by atoms with Crippen LogP contribution in [0.1, 0.15) is 0 Å². The number of benzene rings is 1. The van der Waals surface area contributed by atoms with Gasteiger partial charge in [-0.1, -0.05) is 12.1 Å². The van der Waals surface area contributed by atoms with Crippen LogP contribution in [0.4, 0.5) is 21.7 Å². The van der Waals surface area contributed by atoms with E-state index >= 15 is 0 Å². The minimum atomic E-state index is -0.313. The highest BCUT2D eigenvalue weighted by Crippen LogP contribution is 2.18. The van der Waals surface area contributed by atoms with Crippen LogP contribution in [0.5, 0.6) is 0 Å². The molecule has 1 aromatic heterocycles. The first-order chi connectivity index (χ1) is 7.79. The minimum Gasteiger partial charge on any atom is -0.373 e. The van der Waals surface area contributed by atoms with Gasteiger partial charge in [-0.3, -0.25) is 0 Å². The first-order valence-electron chi connectivity index (χ1n) is 4.81. The van der Waals surface area contributed by atoms with Gasteiger partial charge in [0.05, 0.1) is 5.69 Å². The fourth-order valence-corrected chi connectivity index (χ4v) is 1.26. The van der Waals surface area contributed by atoms with Crippen molar-refractivity contribution in [2.45, 2.75) is 0 Å². The van der Waals surface area contributed by atoms with Crippen LogP contribution in [0.2, 0.25) is 0 Å². The number of halogens is 1. The number of anilines is 3. The van der Waals surface area contributed by atoms with E-state index in [-0.39, 0.29) is 5.82 Å². The van der Waals surface area contributed by atoms with Crippen LogP contribution in [-0.4, -0.2) is 17.0 Å². The van der Waals surface area contributed by atoms with E-state index < -0.39 is 0 Å². The molecule has 1 heterocycles. The third kappa shape index (κ3) is 2.25. The van der Waals surface area contributed by atoms with Gasteiger partial charge in [0.1, 0.15) is 23.8 Å². The van der Waals surface area contributed by atoms with Crippen molar-refractivity contribution < 1.29 is 4.39 Å². The summed E-state index contributed by atoms with van der Waals surface area (Å²) in [5.41, 5.74) is 0.392. The Bertz CT molecular complexity index is 487. The molecule has 16 heavy (non-hydrogen) atoms. The molecule has 82 valence electrons. The van der Waals surface area contributed by atoms with Crippen molar-refractivity contribution in [3.8, 4) is 0 Å². The minimum absolute atomic E-state index is 0.313. The maximum Gasteiger partial charge on any atom is 0.146 e. The topological polar surface area (TPSA) is 49.8 Å². The van der Waals surface area contributed by atoms with Crippen LogP contribution in [0, 0.1) is 5.82 Å². The molecule has 0 amide bonds. The van der Waals surface area contributed by atoms with Crippen molar-refractivity contribution in [3.05, 3.63) is 42.5 Å². The molecule has 4 nitrogen and oxygen atoms in total. The Morgan fingerprint density at radius 2 is 1.88 bits per heavy atom. The Kier molecular flexibility index (Phi) is 2.95. The normalized spacial score (nSPS) is 9.88. The maximum atomic E-state index is 13.3. The number of para-hydroxylation sites is 1.